The molecular formula is C15H18F2N2O. The standard InChI is InChI=1S/C15H18F2N2O/c1-19-10-3-2-4-11(19)8-9(7-10)14(20)12-5-6-13(16)18-15(12)17/h5-6,9-11H,2-4,7-8H2,1H3. The number of hydrogen-bond donors (Lipinski definition) is 0. The van der Waals surface area contributed by atoms with Crippen LogP contribution in [-0.4, -0.2) is 34.8 Å². The van der Waals surface area contributed by atoms with E-state index in [0.29, 0.717) is 12.1 Å². The summed E-state index contributed by atoms with van der Waals surface area (Å²) in [6.45, 7) is 0. The van der Waals surface area contributed by atoms with Crippen LogP contribution in [0.2, 0.25) is 0 Å². The Bertz CT molecular complexity index is 521. The third-order valence-corrected chi connectivity index (χ3v) is 4.79. The number of carbonyl (C=O) groups is 1. The molecular weight excluding hydrogens is 262 g/mol. The summed E-state index contributed by atoms with van der Waals surface area (Å²) in [7, 11) is 2.11. The average molecular weight is 280 g/mol. The molecule has 0 radical (unpaired) electrons. The van der Waals surface area contributed by atoms with Crippen LogP contribution in [0.4, 0.5) is 8.78 Å². The first-order valence-electron chi connectivity index (χ1n) is 7.14. The summed E-state index contributed by atoms with van der Waals surface area (Å²) in [5.74, 6) is -2.26. The van der Waals surface area contributed by atoms with E-state index >= 15 is 0 Å². The number of halogens is 2. The minimum absolute atomic E-state index is 0.0703. The van der Waals surface area contributed by atoms with Crippen LogP contribution in [0.5, 0.6) is 0 Å². The fourth-order valence-corrected chi connectivity index (χ4v) is 3.65. The molecule has 3 nitrogen and oxygen atoms in total. The first kappa shape index (κ1) is 13.6. The van der Waals surface area contributed by atoms with Crippen LogP contribution < -0.4 is 0 Å². The quantitative estimate of drug-likeness (QED) is 0.617. The topological polar surface area (TPSA) is 33.2 Å². The molecule has 0 spiro atoms. The molecule has 2 saturated heterocycles. The molecule has 0 aliphatic carbocycles. The van der Waals surface area contributed by atoms with Gasteiger partial charge in [0.1, 0.15) is 0 Å². The van der Waals surface area contributed by atoms with Gasteiger partial charge in [0.2, 0.25) is 11.9 Å². The molecule has 3 rings (SSSR count). The van der Waals surface area contributed by atoms with E-state index in [1.165, 1.54) is 12.5 Å². The molecule has 2 aliphatic heterocycles. The van der Waals surface area contributed by atoms with E-state index in [0.717, 1.165) is 31.7 Å². The van der Waals surface area contributed by atoms with E-state index in [9.17, 15) is 13.6 Å². The van der Waals surface area contributed by atoms with Crippen LogP contribution in [0.1, 0.15) is 42.5 Å². The summed E-state index contributed by atoms with van der Waals surface area (Å²) in [5.41, 5.74) is -0.0703. The molecule has 3 heterocycles. The molecule has 0 aromatic carbocycles. The molecule has 20 heavy (non-hydrogen) atoms. The Morgan fingerprint density at radius 3 is 2.50 bits per heavy atom. The maximum Gasteiger partial charge on any atom is 0.226 e. The van der Waals surface area contributed by atoms with E-state index in [2.05, 4.69) is 16.9 Å². The number of ketones is 1. The van der Waals surface area contributed by atoms with Gasteiger partial charge in [0.25, 0.3) is 0 Å². The van der Waals surface area contributed by atoms with Crippen molar-refractivity contribution in [1.82, 2.24) is 9.88 Å². The fraction of sp³-hybridized carbons (Fsp3) is 0.600. The molecule has 2 fully saturated rings. The lowest BCUT2D eigenvalue weighted by molar-refractivity contribution is 0.0336. The molecule has 1 aromatic rings. The summed E-state index contributed by atoms with van der Waals surface area (Å²) in [5, 5.41) is 0. The maximum atomic E-state index is 13.6. The fourth-order valence-electron chi connectivity index (χ4n) is 3.65. The Kier molecular flexibility index (Phi) is 3.54. The third-order valence-electron chi connectivity index (χ3n) is 4.79. The number of rotatable bonds is 2. The number of Topliss-reactive ketones (excluding diaryl/α,β-unsaturated/α-hetero) is 1. The van der Waals surface area contributed by atoms with Gasteiger partial charge in [-0.2, -0.15) is 13.8 Å². The lowest BCUT2D eigenvalue weighted by Crippen LogP contribution is -2.51. The van der Waals surface area contributed by atoms with Gasteiger partial charge in [-0.3, -0.25) is 4.79 Å². The number of carbonyl (C=O) groups excluding carboxylic acids is 1. The van der Waals surface area contributed by atoms with E-state index < -0.39 is 11.9 Å². The van der Waals surface area contributed by atoms with Crippen LogP contribution in [0.15, 0.2) is 12.1 Å². The zero-order valence-electron chi connectivity index (χ0n) is 11.5. The van der Waals surface area contributed by atoms with Crippen molar-refractivity contribution in [2.75, 3.05) is 7.05 Å². The van der Waals surface area contributed by atoms with Gasteiger partial charge in [-0.15, -0.1) is 0 Å². The van der Waals surface area contributed by atoms with Crippen molar-refractivity contribution in [1.29, 1.82) is 0 Å². The SMILES string of the molecule is CN1C2CCCC1CC(C(=O)c1ccc(F)nc1F)C2. The first-order chi connectivity index (χ1) is 9.56. The Morgan fingerprint density at radius 2 is 1.90 bits per heavy atom. The number of nitrogens with zero attached hydrogens (tertiary/aromatic N) is 2. The van der Waals surface area contributed by atoms with Crippen LogP contribution in [-0.2, 0) is 0 Å². The smallest absolute Gasteiger partial charge is 0.226 e. The molecule has 5 heteroatoms. The van der Waals surface area contributed by atoms with Gasteiger partial charge in [0.15, 0.2) is 5.78 Å². The molecule has 1 aromatic heterocycles. The van der Waals surface area contributed by atoms with Crippen LogP contribution in [0.3, 0.4) is 0 Å². The molecule has 0 N–H and O–H groups in total. The molecule has 108 valence electrons. The van der Waals surface area contributed by atoms with E-state index in [-0.39, 0.29) is 17.3 Å². The average Bonchev–Trinajstić information content (AvgIpc) is 2.37. The summed E-state index contributed by atoms with van der Waals surface area (Å²) < 4.78 is 26.5. The first-order valence-corrected chi connectivity index (χ1v) is 7.14. The minimum atomic E-state index is -0.987. The van der Waals surface area contributed by atoms with Crippen molar-refractivity contribution < 1.29 is 13.6 Å². The number of aromatic nitrogens is 1. The molecule has 2 unspecified atom stereocenters. The van der Waals surface area contributed by atoms with Crippen LogP contribution in [0.25, 0.3) is 0 Å². The highest BCUT2D eigenvalue weighted by Gasteiger charge is 2.39. The van der Waals surface area contributed by atoms with Gasteiger partial charge in [-0.1, -0.05) is 6.42 Å². The second kappa shape index (κ2) is 5.20. The predicted octanol–water partition coefficient (Wildman–Crippen LogP) is 2.81. The predicted molar refractivity (Wildman–Crippen MR) is 70.4 cm³/mol. The zero-order valence-corrected chi connectivity index (χ0v) is 11.5. The summed E-state index contributed by atoms with van der Waals surface area (Å²) in [4.78, 5) is 17.9. The Balaban J connectivity index is 1.81. The van der Waals surface area contributed by atoms with Crippen molar-refractivity contribution in [2.24, 2.45) is 5.92 Å². The highest BCUT2D eigenvalue weighted by molar-refractivity contribution is 5.97. The van der Waals surface area contributed by atoms with Gasteiger partial charge >= 0.3 is 0 Å². The van der Waals surface area contributed by atoms with Gasteiger partial charge in [0.05, 0.1) is 5.56 Å². The van der Waals surface area contributed by atoms with Crippen molar-refractivity contribution >= 4 is 5.78 Å². The summed E-state index contributed by atoms with van der Waals surface area (Å²) >= 11 is 0. The second-order valence-corrected chi connectivity index (χ2v) is 5.91. The lowest BCUT2D eigenvalue weighted by Gasteiger charge is -2.46. The Hall–Kier alpha value is -1.36. The lowest BCUT2D eigenvalue weighted by atomic mass is 9.76. The zero-order chi connectivity index (χ0) is 14.3. The van der Waals surface area contributed by atoms with Crippen LogP contribution >= 0.6 is 0 Å². The maximum absolute atomic E-state index is 13.6. The highest BCUT2D eigenvalue weighted by Crippen LogP contribution is 2.37. The van der Waals surface area contributed by atoms with Crippen molar-refractivity contribution in [2.45, 2.75) is 44.2 Å². The number of fused-ring (bicyclic) bond motifs is 2. The van der Waals surface area contributed by atoms with Gasteiger partial charge < -0.3 is 4.90 Å². The highest BCUT2D eigenvalue weighted by atomic mass is 19.1. The summed E-state index contributed by atoms with van der Waals surface area (Å²) in [6, 6.07) is 3.08. The van der Waals surface area contributed by atoms with Crippen molar-refractivity contribution in [3.8, 4) is 0 Å². The molecule has 2 atom stereocenters. The molecule has 0 amide bonds. The molecule has 0 saturated carbocycles. The van der Waals surface area contributed by atoms with Gasteiger partial charge in [0, 0.05) is 18.0 Å². The Labute approximate surface area is 117 Å². The normalized spacial score (nSPS) is 30.2. The monoisotopic (exact) mass is 280 g/mol. The molecule has 2 aliphatic rings. The van der Waals surface area contributed by atoms with Crippen molar-refractivity contribution in [3.63, 3.8) is 0 Å². The van der Waals surface area contributed by atoms with E-state index in [1.54, 1.807) is 0 Å². The second-order valence-electron chi connectivity index (χ2n) is 5.91. The van der Waals surface area contributed by atoms with Crippen molar-refractivity contribution in [3.05, 3.63) is 29.6 Å². The third kappa shape index (κ3) is 2.35. The van der Waals surface area contributed by atoms with E-state index in [4.69, 9.17) is 0 Å². The van der Waals surface area contributed by atoms with E-state index in [1.807, 2.05) is 0 Å². The van der Waals surface area contributed by atoms with Gasteiger partial charge in [-0.25, -0.2) is 0 Å². The summed E-state index contributed by atoms with van der Waals surface area (Å²) in [6.07, 6.45) is 4.93. The number of piperidine rings is 2. The molecule has 2 bridgehead atoms. The largest absolute Gasteiger partial charge is 0.300 e. The number of hydrogen-bond acceptors (Lipinski definition) is 3. The van der Waals surface area contributed by atoms with Crippen LogP contribution in [0, 0.1) is 17.8 Å². The minimum Gasteiger partial charge on any atom is -0.300 e. The number of pyridine rings is 1. The Morgan fingerprint density at radius 1 is 1.25 bits per heavy atom. The van der Waals surface area contributed by atoms with Gasteiger partial charge in [-0.05, 0) is 44.9 Å².